The molecule has 1 aromatic rings. The van der Waals surface area contributed by atoms with Crippen molar-refractivity contribution in [2.75, 3.05) is 16.6 Å². The van der Waals surface area contributed by atoms with Gasteiger partial charge in [-0.2, -0.15) is 0 Å². The monoisotopic (exact) mass is 299 g/mol. The Hall–Kier alpha value is -1.56. The van der Waals surface area contributed by atoms with Gasteiger partial charge in [0.1, 0.15) is 0 Å². The van der Waals surface area contributed by atoms with E-state index in [1.165, 1.54) is 4.31 Å². The van der Waals surface area contributed by atoms with Gasteiger partial charge in [-0.3, -0.25) is 9.10 Å². The van der Waals surface area contributed by atoms with Gasteiger partial charge in [0.15, 0.2) is 0 Å². The van der Waals surface area contributed by atoms with Gasteiger partial charge in [0.2, 0.25) is 10.0 Å². The molecule has 6 heteroatoms. The first-order chi connectivity index (χ1) is 9.33. The van der Waals surface area contributed by atoms with Crippen molar-refractivity contribution in [3.05, 3.63) is 30.3 Å². The van der Waals surface area contributed by atoms with Crippen LogP contribution in [0.4, 0.5) is 5.69 Å². The minimum Gasteiger partial charge on any atom is -0.481 e. The number of sulfonamides is 1. The molecule has 0 aliphatic carbocycles. The fourth-order valence-corrected chi connectivity index (χ4v) is 3.52. The van der Waals surface area contributed by atoms with Gasteiger partial charge in [0.05, 0.1) is 17.9 Å². The molecule has 1 N–H and O–H groups in total. The summed E-state index contributed by atoms with van der Waals surface area (Å²) in [5, 5.41) is 8.77. The van der Waals surface area contributed by atoms with E-state index in [2.05, 4.69) is 0 Å². The topological polar surface area (TPSA) is 74.7 Å². The number of aliphatic carboxylic acids is 1. The number of hydrogen-bond acceptors (Lipinski definition) is 3. The van der Waals surface area contributed by atoms with E-state index in [9.17, 15) is 13.2 Å². The Kier molecular flexibility index (Phi) is 6.01. The zero-order valence-corrected chi connectivity index (χ0v) is 12.6. The lowest BCUT2D eigenvalue weighted by molar-refractivity contribution is -0.136. The van der Waals surface area contributed by atoms with E-state index in [0.717, 1.165) is 0 Å². The first kappa shape index (κ1) is 16.5. The molecule has 0 saturated carbocycles. The number of anilines is 1. The molecule has 0 aromatic heterocycles. The van der Waals surface area contributed by atoms with Crippen LogP contribution in [0.2, 0.25) is 0 Å². The maximum Gasteiger partial charge on any atom is 0.305 e. The summed E-state index contributed by atoms with van der Waals surface area (Å²) in [6.45, 7) is 3.87. The predicted octanol–water partition coefficient (Wildman–Crippen LogP) is 2.34. The van der Waals surface area contributed by atoms with Crippen LogP contribution >= 0.6 is 0 Å². The molecule has 0 fully saturated rings. The molecule has 0 spiro atoms. The van der Waals surface area contributed by atoms with Crippen LogP contribution in [0.1, 0.15) is 26.7 Å². The van der Waals surface area contributed by atoms with Crippen molar-refractivity contribution in [1.82, 2.24) is 0 Å². The van der Waals surface area contributed by atoms with E-state index in [1.807, 2.05) is 13.8 Å². The number of carbonyl (C=O) groups is 1. The number of carboxylic acid groups (broad SMARTS) is 1. The van der Waals surface area contributed by atoms with Crippen LogP contribution in [0.3, 0.4) is 0 Å². The molecule has 5 nitrogen and oxygen atoms in total. The maximum atomic E-state index is 12.4. The highest BCUT2D eigenvalue weighted by atomic mass is 32.2. The predicted molar refractivity (Wildman–Crippen MR) is 79.3 cm³/mol. The molecule has 1 rings (SSSR count). The zero-order chi connectivity index (χ0) is 15.2. The molecule has 0 radical (unpaired) electrons. The van der Waals surface area contributed by atoms with Crippen LogP contribution in [-0.2, 0) is 14.8 Å². The third-order valence-corrected chi connectivity index (χ3v) is 4.68. The Morgan fingerprint density at radius 3 is 2.35 bits per heavy atom. The molecule has 0 amide bonds. The van der Waals surface area contributed by atoms with Gasteiger partial charge < -0.3 is 5.11 Å². The fourth-order valence-electron chi connectivity index (χ4n) is 1.72. The molecule has 0 saturated heterocycles. The minimum atomic E-state index is -3.50. The largest absolute Gasteiger partial charge is 0.481 e. The Balaban J connectivity index is 2.95. The lowest BCUT2D eigenvalue weighted by Gasteiger charge is -2.24. The van der Waals surface area contributed by atoms with Crippen molar-refractivity contribution >= 4 is 21.7 Å². The number of hydrogen-bond donors (Lipinski definition) is 1. The average molecular weight is 299 g/mol. The van der Waals surface area contributed by atoms with E-state index in [1.54, 1.807) is 30.3 Å². The number of para-hydroxylation sites is 1. The van der Waals surface area contributed by atoms with Crippen LogP contribution in [-0.4, -0.2) is 31.8 Å². The molecule has 0 heterocycles. The van der Waals surface area contributed by atoms with Gasteiger partial charge in [0, 0.05) is 6.54 Å². The summed E-state index contributed by atoms with van der Waals surface area (Å²) >= 11 is 0. The van der Waals surface area contributed by atoms with Crippen LogP contribution in [0.25, 0.3) is 0 Å². The van der Waals surface area contributed by atoms with E-state index in [-0.39, 0.29) is 24.6 Å². The van der Waals surface area contributed by atoms with Crippen molar-refractivity contribution < 1.29 is 18.3 Å². The molecule has 1 aromatic carbocycles. The third-order valence-electron chi connectivity index (χ3n) is 2.86. The number of carboxylic acids is 1. The lowest BCUT2D eigenvalue weighted by Crippen LogP contribution is -2.35. The summed E-state index contributed by atoms with van der Waals surface area (Å²) in [4.78, 5) is 10.7. The highest BCUT2D eigenvalue weighted by Gasteiger charge is 2.23. The van der Waals surface area contributed by atoms with Crippen LogP contribution in [0, 0.1) is 5.92 Å². The Morgan fingerprint density at radius 1 is 1.25 bits per heavy atom. The molecule has 0 aliphatic heterocycles. The second-order valence-corrected chi connectivity index (χ2v) is 7.06. The van der Waals surface area contributed by atoms with Gasteiger partial charge in [0.25, 0.3) is 0 Å². The van der Waals surface area contributed by atoms with Gasteiger partial charge >= 0.3 is 5.97 Å². The standard InChI is InChI=1S/C14H21NO4S/c1-12(2)9-11-20(18,19)15(10-8-14(16)17)13-6-4-3-5-7-13/h3-7,12H,8-11H2,1-2H3,(H,16,17). The first-order valence-corrected chi connectivity index (χ1v) is 8.21. The van der Waals surface area contributed by atoms with Crippen molar-refractivity contribution in [3.63, 3.8) is 0 Å². The van der Waals surface area contributed by atoms with Gasteiger partial charge in [-0.1, -0.05) is 32.0 Å². The van der Waals surface area contributed by atoms with E-state index < -0.39 is 16.0 Å². The van der Waals surface area contributed by atoms with Crippen LogP contribution < -0.4 is 4.31 Å². The molecular formula is C14H21NO4S. The summed E-state index contributed by atoms with van der Waals surface area (Å²) in [6, 6.07) is 8.62. The molecule has 0 aliphatic rings. The summed E-state index contributed by atoms with van der Waals surface area (Å²) in [6.07, 6.45) is 0.342. The second kappa shape index (κ2) is 7.28. The maximum absolute atomic E-state index is 12.4. The van der Waals surface area contributed by atoms with Crippen molar-refractivity contribution in [1.29, 1.82) is 0 Å². The van der Waals surface area contributed by atoms with Crippen molar-refractivity contribution in [2.45, 2.75) is 26.7 Å². The Bertz CT molecular complexity index is 525. The number of rotatable bonds is 8. The molecule has 0 atom stereocenters. The zero-order valence-electron chi connectivity index (χ0n) is 11.8. The molecule has 112 valence electrons. The quantitative estimate of drug-likeness (QED) is 0.799. The molecule has 20 heavy (non-hydrogen) atoms. The minimum absolute atomic E-state index is 0.0270. The average Bonchev–Trinajstić information content (AvgIpc) is 2.37. The molecule has 0 unspecified atom stereocenters. The van der Waals surface area contributed by atoms with Crippen molar-refractivity contribution in [2.24, 2.45) is 5.92 Å². The van der Waals surface area contributed by atoms with Gasteiger partial charge in [-0.25, -0.2) is 8.42 Å². The van der Waals surface area contributed by atoms with E-state index in [4.69, 9.17) is 5.11 Å². The van der Waals surface area contributed by atoms with Gasteiger partial charge in [-0.15, -0.1) is 0 Å². The normalized spacial score (nSPS) is 11.6. The first-order valence-electron chi connectivity index (χ1n) is 6.60. The number of benzene rings is 1. The van der Waals surface area contributed by atoms with E-state index in [0.29, 0.717) is 12.1 Å². The second-order valence-electron chi connectivity index (χ2n) is 5.05. The third kappa shape index (κ3) is 5.21. The highest BCUT2D eigenvalue weighted by Crippen LogP contribution is 2.19. The highest BCUT2D eigenvalue weighted by molar-refractivity contribution is 7.92. The Morgan fingerprint density at radius 2 is 1.85 bits per heavy atom. The smallest absolute Gasteiger partial charge is 0.305 e. The summed E-state index contributed by atoms with van der Waals surface area (Å²) < 4.78 is 26.0. The SMILES string of the molecule is CC(C)CCS(=O)(=O)N(CCC(=O)O)c1ccccc1. The molecular weight excluding hydrogens is 278 g/mol. The Labute approximate surface area is 120 Å². The fraction of sp³-hybridized carbons (Fsp3) is 0.500. The summed E-state index contributed by atoms with van der Waals surface area (Å²) in [5.74, 6) is -0.703. The van der Waals surface area contributed by atoms with Crippen molar-refractivity contribution in [3.8, 4) is 0 Å². The molecule has 0 bridgehead atoms. The summed E-state index contributed by atoms with van der Waals surface area (Å²) in [7, 11) is -3.50. The summed E-state index contributed by atoms with van der Waals surface area (Å²) in [5.41, 5.74) is 0.512. The van der Waals surface area contributed by atoms with E-state index >= 15 is 0 Å². The van der Waals surface area contributed by atoms with Gasteiger partial charge in [-0.05, 0) is 24.5 Å². The lowest BCUT2D eigenvalue weighted by atomic mass is 10.2. The van der Waals surface area contributed by atoms with Crippen LogP contribution in [0.15, 0.2) is 30.3 Å². The number of nitrogens with zero attached hydrogens (tertiary/aromatic N) is 1. The van der Waals surface area contributed by atoms with Crippen LogP contribution in [0.5, 0.6) is 0 Å².